The molecule has 1 aromatic heterocycles. The molecular formula is C13H10Br2O2S. The molecule has 0 fully saturated rings. The van der Waals surface area contributed by atoms with Gasteiger partial charge in [0.2, 0.25) is 5.78 Å². The molecule has 1 heterocycles. The Balaban J connectivity index is 2.09. The Morgan fingerprint density at radius 2 is 2.00 bits per heavy atom. The highest BCUT2D eigenvalue weighted by Crippen LogP contribution is 2.34. The van der Waals surface area contributed by atoms with Crippen LogP contribution in [0.3, 0.4) is 0 Å². The van der Waals surface area contributed by atoms with Crippen LogP contribution in [0, 0.1) is 6.92 Å². The van der Waals surface area contributed by atoms with Crippen LogP contribution in [0.5, 0.6) is 5.75 Å². The quantitative estimate of drug-likeness (QED) is 0.699. The number of hydrogen-bond acceptors (Lipinski definition) is 3. The highest BCUT2D eigenvalue weighted by Gasteiger charge is 2.12. The molecule has 0 saturated carbocycles. The van der Waals surface area contributed by atoms with Crippen LogP contribution in [0.1, 0.15) is 15.2 Å². The van der Waals surface area contributed by atoms with Crippen molar-refractivity contribution in [3.8, 4) is 5.75 Å². The Morgan fingerprint density at radius 3 is 2.56 bits per heavy atom. The third-order valence-corrected chi connectivity index (χ3v) is 4.38. The monoisotopic (exact) mass is 388 g/mol. The van der Waals surface area contributed by atoms with Gasteiger partial charge in [0.15, 0.2) is 6.61 Å². The molecule has 5 heteroatoms. The topological polar surface area (TPSA) is 26.3 Å². The number of halogens is 2. The largest absolute Gasteiger partial charge is 0.483 e. The number of carbonyl (C=O) groups excluding carboxylic acids is 1. The summed E-state index contributed by atoms with van der Waals surface area (Å²) >= 11 is 8.29. The average Bonchev–Trinajstić information content (AvgIpc) is 2.80. The van der Waals surface area contributed by atoms with Crippen LogP contribution in [0.2, 0.25) is 0 Å². The standard InChI is InChI=1S/C13H10Br2O2S/c1-8-5-9(14)13(10(15)6-8)17-7-11(16)12-3-2-4-18-12/h2-6H,7H2,1H3. The molecule has 0 saturated heterocycles. The van der Waals surface area contributed by atoms with Gasteiger partial charge < -0.3 is 4.74 Å². The van der Waals surface area contributed by atoms with E-state index in [0.29, 0.717) is 10.6 Å². The predicted molar refractivity (Wildman–Crippen MR) is 80.7 cm³/mol. The van der Waals surface area contributed by atoms with E-state index < -0.39 is 0 Å². The van der Waals surface area contributed by atoms with Gasteiger partial charge in [0.1, 0.15) is 5.75 Å². The number of ketones is 1. The van der Waals surface area contributed by atoms with Gasteiger partial charge in [-0.3, -0.25) is 4.79 Å². The lowest BCUT2D eigenvalue weighted by Gasteiger charge is -2.10. The minimum atomic E-state index is -0.00984. The molecule has 0 N–H and O–H groups in total. The molecule has 0 aliphatic rings. The lowest BCUT2D eigenvalue weighted by atomic mass is 10.2. The van der Waals surface area contributed by atoms with Crippen LogP contribution in [-0.2, 0) is 0 Å². The molecule has 0 atom stereocenters. The van der Waals surface area contributed by atoms with Gasteiger partial charge in [0.05, 0.1) is 13.8 Å². The van der Waals surface area contributed by atoms with Crippen molar-refractivity contribution in [2.45, 2.75) is 6.92 Å². The summed E-state index contributed by atoms with van der Waals surface area (Å²) in [5.41, 5.74) is 1.12. The van der Waals surface area contributed by atoms with Crippen molar-refractivity contribution in [1.82, 2.24) is 0 Å². The fourth-order valence-electron chi connectivity index (χ4n) is 1.47. The van der Waals surface area contributed by atoms with E-state index in [1.54, 1.807) is 6.07 Å². The Bertz CT molecular complexity index is 541. The number of rotatable bonds is 4. The van der Waals surface area contributed by atoms with E-state index in [4.69, 9.17) is 4.74 Å². The molecule has 0 amide bonds. The summed E-state index contributed by atoms with van der Waals surface area (Å²) in [5.74, 6) is 0.648. The van der Waals surface area contributed by atoms with Gasteiger partial charge in [0, 0.05) is 0 Å². The molecule has 18 heavy (non-hydrogen) atoms. The Kier molecular flexibility index (Phi) is 4.59. The van der Waals surface area contributed by atoms with Crippen LogP contribution >= 0.6 is 43.2 Å². The molecule has 2 nitrogen and oxygen atoms in total. The van der Waals surface area contributed by atoms with Gasteiger partial charge in [-0.15, -0.1) is 11.3 Å². The van der Waals surface area contributed by atoms with E-state index >= 15 is 0 Å². The first-order valence-corrected chi connectivity index (χ1v) is 7.69. The highest BCUT2D eigenvalue weighted by atomic mass is 79.9. The Hall–Kier alpha value is -0.650. The molecule has 0 aliphatic heterocycles. The van der Waals surface area contributed by atoms with Gasteiger partial charge in [0.25, 0.3) is 0 Å². The third-order valence-electron chi connectivity index (χ3n) is 2.29. The summed E-state index contributed by atoms with van der Waals surface area (Å²) in [4.78, 5) is 12.5. The molecule has 94 valence electrons. The van der Waals surface area contributed by atoms with Crippen LogP contribution in [0.4, 0.5) is 0 Å². The number of aryl methyl sites for hydroxylation is 1. The van der Waals surface area contributed by atoms with Crippen molar-refractivity contribution >= 4 is 49.0 Å². The van der Waals surface area contributed by atoms with E-state index in [1.807, 2.05) is 30.5 Å². The van der Waals surface area contributed by atoms with E-state index in [-0.39, 0.29) is 12.4 Å². The molecule has 2 aromatic rings. The molecule has 0 bridgehead atoms. The first-order chi connectivity index (χ1) is 8.58. The van der Waals surface area contributed by atoms with Crippen LogP contribution in [0.25, 0.3) is 0 Å². The maximum atomic E-state index is 11.8. The zero-order valence-corrected chi connectivity index (χ0v) is 13.6. The Labute approximate surface area is 126 Å². The SMILES string of the molecule is Cc1cc(Br)c(OCC(=O)c2cccs2)c(Br)c1. The molecule has 1 aromatic carbocycles. The number of benzene rings is 1. The van der Waals surface area contributed by atoms with Gasteiger partial charge in [-0.1, -0.05) is 6.07 Å². The van der Waals surface area contributed by atoms with Crippen molar-refractivity contribution in [3.05, 3.63) is 49.0 Å². The molecule has 2 rings (SSSR count). The van der Waals surface area contributed by atoms with E-state index in [0.717, 1.165) is 14.5 Å². The first kappa shape index (κ1) is 13.8. The molecular weight excluding hydrogens is 380 g/mol. The fraction of sp³-hybridized carbons (Fsp3) is 0.154. The van der Waals surface area contributed by atoms with Crippen LogP contribution < -0.4 is 4.74 Å². The average molecular weight is 390 g/mol. The summed E-state index contributed by atoms with van der Waals surface area (Å²) in [5, 5.41) is 1.88. The maximum absolute atomic E-state index is 11.8. The number of Topliss-reactive ketones (excluding diaryl/α,β-unsaturated/α-hetero) is 1. The van der Waals surface area contributed by atoms with Crippen LogP contribution in [-0.4, -0.2) is 12.4 Å². The second-order valence-electron chi connectivity index (χ2n) is 3.75. The summed E-state index contributed by atoms with van der Waals surface area (Å²) in [6.45, 7) is 2.04. The highest BCUT2D eigenvalue weighted by molar-refractivity contribution is 9.11. The summed E-state index contributed by atoms with van der Waals surface area (Å²) < 4.78 is 7.25. The van der Waals surface area contributed by atoms with Gasteiger partial charge in [-0.25, -0.2) is 0 Å². The molecule has 0 aliphatic carbocycles. The molecule has 0 spiro atoms. The smallest absolute Gasteiger partial charge is 0.210 e. The lowest BCUT2D eigenvalue weighted by molar-refractivity contribution is 0.0924. The minimum absolute atomic E-state index is 0.00984. The van der Waals surface area contributed by atoms with Crippen molar-refractivity contribution in [2.75, 3.05) is 6.61 Å². The van der Waals surface area contributed by atoms with Crippen molar-refractivity contribution in [2.24, 2.45) is 0 Å². The van der Waals surface area contributed by atoms with Gasteiger partial charge >= 0.3 is 0 Å². The predicted octanol–water partition coefficient (Wildman–Crippen LogP) is 4.84. The van der Waals surface area contributed by atoms with Gasteiger partial charge in [-0.05, 0) is 67.9 Å². The zero-order chi connectivity index (χ0) is 13.1. The molecule has 0 unspecified atom stereocenters. The molecule has 0 radical (unpaired) electrons. The number of ether oxygens (including phenoxy) is 1. The lowest BCUT2D eigenvalue weighted by Crippen LogP contribution is -2.10. The number of thiophene rings is 1. The van der Waals surface area contributed by atoms with Crippen molar-refractivity contribution in [3.63, 3.8) is 0 Å². The minimum Gasteiger partial charge on any atom is -0.483 e. The van der Waals surface area contributed by atoms with Crippen molar-refractivity contribution < 1.29 is 9.53 Å². The zero-order valence-electron chi connectivity index (χ0n) is 9.57. The first-order valence-electron chi connectivity index (χ1n) is 5.23. The van der Waals surface area contributed by atoms with E-state index in [1.165, 1.54) is 11.3 Å². The second kappa shape index (κ2) is 5.99. The normalized spacial score (nSPS) is 10.4. The van der Waals surface area contributed by atoms with E-state index in [9.17, 15) is 4.79 Å². The van der Waals surface area contributed by atoms with Gasteiger partial charge in [-0.2, -0.15) is 0 Å². The summed E-state index contributed by atoms with van der Waals surface area (Å²) in [6, 6.07) is 7.57. The third kappa shape index (κ3) is 3.22. The second-order valence-corrected chi connectivity index (χ2v) is 6.40. The maximum Gasteiger partial charge on any atom is 0.210 e. The van der Waals surface area contributed by atoms with E-state index in [2.05, 4.69) is 31.9 Å². The Morgan fingerprint density at radius 1 is 1.33 bits per heavy atom. The fourth-order valence-corrected chi connectivity index (χ4v) is 3.77. The summed E-state index contributed by atoms with van der Waals surface area (Å²) in [7, 11) is 0. The number of hydrogen-bond donors (Lipinski definition) is 0. The van der Waals surface area contributed by atoms with Crippen molar-refractivity contribution in [1.29, 1.82) is 0 Å². The van der Waals surface area contributed by atoms with Crippen LogP contribution in [0.15, 0.2) is 38.6 Å². The number of carbonyl (C=O) groups is 1. The summed E-state index contributed by atoms with van der Waals surface area (Å²) in [6.07, 6.45) is 0.